The Kier molecular flexibility index (Phi) is 10.0. The van der Waals surface area contributed by atoms with E-state index in [-0.39, 0.29) is 6.29 Å². The summed E-state index contributed by atoms with van der Waals surface area (Å²) in [4.78, 5) is 0. The van der Waals surface area contributed by atoms with Crippen LogP contribution in [-0.4, -0.2) is 19.5 Å². The normalized spacial score (nSPS) is 19.7. The van der Waals surface area contributed by atoms with E-state index in [1.54, 1.807) is 6.08 Å². The van der Waals surface area contributed by atoms with E-state index in [2.05, 4.69) is 11.8 Å². The molecule has 0 amide bonds. The monoisotopic (exact) mass is 270 g/mol. The second-order valence-corrected chi connectivity index (χ2v) is 4.70. The van der Waals surface area contributed by atoms with Gasteiger partial charge < -0.3 is 9.47 Å². The summed E-state index contributed by atoms with van der Waals surface area (Å²) in [6.45, 7) is 1.69. The number of unbranched alkanes of at least 4 members (excludes halogenated alkanes) is 4. The first-order valence-electron chi connectivity index (χ1n) is 6.90. The van der Waals surface area contributed by atoms with Gasteiger partial charge in [-0.1, -0.05) is 36.3 Å². The van der Waals surface area contributed by atoms with Crippen LogP contribution in [0.2, 0.25) is 0 Å². The molecule has 0 saturated carbocycles. The van der Waals surface area contributed by atoms with Crippen molar-refractivity contribution in [2.45, 2.75) is 57.7 Å². The van der Waals surface area contributed by atoms with Gasteiger partial charge in [0, 0.05) is 25.2 Å². The minimum atomic E-state index is 0.0620. The van der Waals surface area contributed by atoms with E-state index >= 15 is 0 Å². The quantitative estimate of drug-likeness (QED) is 0.509. The molecule has 0 aromatic rings. The van der Waals surface area contributed by atoms with Crippen LogP contribution in [0.3, 0.4) is 0 Å². The molecule has 1 rings (SSSR count). The molecule has 1 aliphatic rings. The fourth-order valence-corrected chi connectivity index (χ4v) is 1.95. The maximum absolute atomic E-state index is 5.67. The Morgan fingerprint density at radius 2 is 2.11 bits per heavy atom. The highest BCUT2D eigenvalue weighted by molar-refractivity contribution is 6.25. The molecular formula is C15H23ClO2. The first-order valence-corrected chi connectivity index (χ1v) is 7.34. The van der Waals surface area contributed by atoms with Crippen molar-refractivity contribution in [1.82, 2.24) is 0 Å². The lowest BCUT2D eigenvalue weighted by molar-refractivity contribution is -0.162. The lowest BCUT2D eigenvalue weighted by Crippen LogP contribution is -2.22. The van der Waals surface area contributed by atoms with Gasteiger partial charge in [0.05, 0.1) is 0 Å². The van der Waals surface area contributed by atoms with Crippen molar-refractivity contribution in [2.24, 2.45) is 0 Å². The minimum Gasteiger partial charge on any atom is -0.353 e. The molecule has 1 aliphatic heterocycles. The molecule has 3 heteroatoms. The van der Waals surface area contributed by atoms with Gasteiger partial charge in [0.2, 0.25) is 0 Å². The Bertz CT molecular complexity index is 272. The average molecular weight is 271 g/mol. The van der Waals surface area contributed by atoms with E-state index in [4.69, 9.17) is 21.1 Å². The van der Waals surface area contributed by atoms with Crippen molar-refractivity contribution in [3.8, 4) is 11.8 Å². The van der Waals surface area contributed by atoms with E-state index in [0.717, 1.165) is 38.9 Å². The Labute approximate surface area is 116 Å². The van der Waals surface area contributed by atoms with Gasteiger partial charge in [0.15, 0.2) is 6.29 Å². The molecule has 1 heterocycles. The lowest BCUT2D eigenvalue weighted by Gasteiger charge is -2.22. The lowest BCUT2D eigenvalue weighted by atomic mass is 10.1. The van der Waals surface area contributed by atoms with Gasteiger partial charge in [-0.3, -0.25) is 0 Å². The van der Waals surface area contributed by atoms with Crippen molar-refractivity contribution in [1.29, 1.82) is 0 Å². The summed E-state index contributed by atoms with van der Waals surface area (Å²) in [5, 5.41) is 0. The summed E-state index contributed by atoms with van der Waals surface area (Å²) in [7, 11) is 0. The predicted octanol–water partition coefficient (Wildman–Crippen LogP) is 4.24. The second-order valence-electron chi connectivity index (χ2n) is 4.44. The summed E-state index contributed by atoms with van der Waals surface area (Å²) < 4.78 is 11.2. The highest BCUT2D eigenvalue weighted by Crippen LogP contribution is 2.14. The second kappa shape index (κ2) is 11.6. The van der Waals surface area contributed by atoms with Crippen molar-refractivity contribution < 1.29 is 9.47 Å². The zero-order valence-corrected chi connectivity index (χ0v) is 11.8. The number of allylic oxidation sites excluding steroid dienone is 1. The zero-order valence-electron chi connectivity index (χ0n) is 11.0. The molecule has 1 fully saturated rings. The number of ether oxygens (including phenoxy) is 2. The molecule has 1 atom stereocenters. The van der Waals surface area contributed by atoms with E-state index in [1.165, 1.54) is 31.2 Å². The smallest absolute Gasteiger partial charge is 0.157 e. The van der Waals surface area contributed by atoms with Crippen LogP contribution in [0.1, 0.15) is 51.4 Å². The van der Waals surface area contributed by atoms with Crippen molar-refractivity contribution in [2.75, 3.05) is 13.2 Å². The van der Waals surface area contributed by atoms with Gasteiger partial charge in [0.25, 0.3) is 0 Å². The van der Waals surface area contributed by atoms with Crippen LogP contribution in [0.5, 0.6) is 0 Å². The number of rotatable bonds is 7. The van der Waals surface area contributed by atoms with Crippen molar-refractivity contribution in [3.05, 3.63) is 11.6 Å². The Morgan fingerprint density at radius 3 is 2.89 bits per heavy atom. The van der Waals surface area contributed by atoms with E-state index in [1.807, 2.05) is 0 Å². The third-order valence-corrected chi connectivity index (χ3v) is 3.01. The van der Waals surface area contributed by atoms with Crippen molar-refractivity contribution >= 4 is 11.6 Å². The number of halogens is 1. The van der Waals surface area contributed by atoms with E-state index in [9.17, 15) is 0 Å². The molecule has 18 heavy (non-hydrogen) atoms. The van der Waals surface area contributed by atoms with Crippen LogP contribution in [0.4, 0.5) is 0 Å². The summed E-state index contributed by atoms with van der Waals surface area (Å²) in [6.07, 6.45) is 10.9. The third kappa shape index (κ3) is 8.58. The summed E-state index contributed by atoms with van der Waals surface area (Å²) in [5.41, 5.74) is 1.44. The molecule has 102 valence electrons. The topological polar surface area (TPSA) is 18.5 Å². The van der Waals surface area contributed by atoms with Crippen LogP contribution in [0.25, 0.3) is 0 Å². The Hall–Kier alpha value is -0.490. The standard InChI is InChI=1S/C15H23ClO2/c16-12-8-5-3-1-2-4-6-9-13-17-15-11-7-10-14-18-15/h8,12,15H,1-2,4,6-7,9-11,13-14H2. The summed E-state index contributed by atoms with van der Waals surface area (Å²) in [5.74, 6) is 5.93. The number of hydrogen-bond donors (Lipinski definition) is 0. The zero-order chi connectivity index (χ0) is 12.9. The molecule has 0 aromatic heterocycles. The molecular weight excluding hydrogens is 248 g/mol. The third-order valence-electron chi connectivity index (χ3n) is 2.89. The molecule has 0 bridgehead atoms. The van der Waals surface area contributed by atoms with Gasteiger partial charge in [-0.05, 0) is 38.2 Å². The largest absolute Gasteiger partial charge is 0.353 e. The van der Waals surface area contributed by atoms with Gasteiger partial charge in [-0.15, -0.1) is 0 Å². The van der Waals surface area contributed by atoms with Crippen LogP contribution in [0.15, 0.2) is 11.6 Å². The van der Waals surface area contributed by atoms with E-state index in [0.29, 0.717) is 0 Å². The molecule has 2 nitrogen and oxygen atoms in total. The first-order chi connectivity index (χ1) is 8.93. The number of hydrogen-bond acceptors (Lipinski definition) is 2. The highest BCUT2D eigenvalue weighted by Gasteiger charge is 2.12. The molecule has 0 aliphatic carbocycles. The van der Waals surface area contributed by atoms with Gasteiger partial charge in [-0.25, -0.2) is 0 Å². The van der Waals surface area contributed by atoms with Gasteiger partial charge >= 0.3 is 0 Å². The first kappa shape index (κ1) is 15.6. The average Bonchev–Trinajstić information content (AvgIpc) is 2.42. The molecule has 0 N–H and O–H groups in total. The summed E-state index contributed by atoms with van der Waals surface area (Å²) >= 11 is 5.36. The fraction of sp³-hybridized carbons (Fsp3) is 0.733. The molecule has 0 radical (unpaired) electrons. The van der Waals surface area contributed by atoms with Gasteiger partial charge in [-0.2, -0.15) is 0 Å². The Morgan fingerprint density at radius 1 is 1.22 bits per heavy atom. The van der Waals surface area contributed by atoms with Crippen LogP contribution in [-0.2, 0) is 9.47 Å². The van der Waals surface area contributed by atoms with Crippen LogP contribution < -0.4 is 0 Å². The maximum atomic E-state index is 5.67. The predicted molar refractivity (Wildman–Crippen MR) is 75.4 cm³/mol. The maximum Gasteiger partial charge on any atom is 0.157 e. The molecule has 0 aromatic carbocycles. The fourth-order valence-electron chi connectivity index (χ4n) is 1.89. The van der Waals surface area contributed by atoms with E-state index < -0.39 is 0 Å². The summed E-state index contributed by atoms with van der Waals surface area (Å²) in [6, 6.07) is 0. The SMILES string of the molecule is ClC=CC#CCCCCCCOC1CCCCO1. The highest BCUT2D eigenvalue weighted by atomic mass is 35.5. The minimum absolute atomic E-state index is 0.0620. The Balaban J connectivity index is 1.82. The van der Waals surface area contributed by atoms with Crippen LogP contribution in [0, 0.1) is 11.8 Å². The van der Waals surface area contributed by atoms with Crippen LogP contribution >= 0.6 is 11.6 Å². The molecule has 0 spiro atoms. The van der Waals surface area contributed by atoms with Gasteiger partial charge in [0.1, 0.15) is 0 Å². The molecule has 1 saturated heterocycles. The molecule has 1 unspecified atom stereocenters. The van der Waals surface area contributed by atoms with Crippen molar-refractivity contribution in [3.63, 3.8) is 0 Å².